The molecule has 1 aliphatic carbocycles. The molecular formula is C115H137F4N13O4S. The highest BCUT2D eigenvalue weighted by Gasteiger charge is 2.47. The summed E-state index contributed by atoms with van der Waals surface area (Å²) in [7, 11) is 19.0. The first-order valence-electron chi connectivity index (χ1n) is 50.3. The smallest absolute Gasteiger partial charge is 0.231 e. The number of rotatable bonds is 9. The van der Waals surface area contributed by atoms with Crippen molar-refractivity contribution >= 4 is 104 Å². The number of ether oxygens (including phenoxy) is 4. The van der Waals surface area contributed by atoms with Crippen molar-refractivity contribution in [1.29, 1.82) is 0 Å². The van der Waals surface area contributed by atoms with E-state index in [1.54, 1.807) is 73.6 Å². The number of benzene rings is 11. The summed E-state index contributed by atoms with van der Waals surface area (Å²) in [5, 5.41) is 11.8. The van der Waals surface area contributed by atoms with Crippen LogP contribution in [0.1, 0.15) is 23.1 Å². The first-order valence-corrected chi connectivity index (χ1v) is 51.2. The molecule has 720 valence electrons. The van der Waals surface area contributed by atoms with Crippen molar-refractivity contribution in [1.82, 2.24) is 34.3 Å². The molecule has 0 radical (unpaired) electrons. The van der Waals surface area contributed by atoms with E-state index in [9.17, 15) is 17.6 Å². The molecule has 22 heteroatoms. The number of nitrogens with zero attached hydrogens (tertiary/aromatic N) is 13. The Balaban J connectivity index is 0.0000000955. The van der Waals surface area contributed by atoms with E-state index in [1.165, 1.54) is 152 Å². The zero-order valence-electron chi connectivity index (χ0n) is 81.9. The maximum Gasteiger partial charge on any atom is 0.231 e. The lowest BCUT2D eigenvalue weighted by molar-refractivity contribution is 0.174. The predicted octanol–water partition coefficient (Wildman–Crippen LogP) is 19.5. The molecule has 12 aromatic rings. The fourth-order valence-electron chi connectivity index (χ4n) is 26.8. The van der Waals surface area contributed by atoms with E-state index in [2.05, 4.69) is 249 Å². The van der Waals surface area contributed by atoms with E-state index in [0.717, 1.165) is 201 Å². The number of methoxy groups -OCH3 is 2. The standard InChI is InChI=1S/C19H24N2O.C18H19N.C17H18F2N2.C17H19FN2.C15H17FN2S.C15H22N2O.C14H18N2O2/c1-13-4-5-14-7-18(19(22-3)8-15(14)6-13)21-11-16-9-20(2)10-17(16)12-21;1-19-11-15-9-14(10-16(15)12-19)18-8-4-6-13-5-2-3-7-17(13)18;1-20-7-12-9-21(10-13(12)8-20)17-15(18)6-11-4-2-3-5-14(11)16(17)19;1-19-8-14-10-20(11-15(14)9-19)17-7-13-5-3-2-4-12(13)6-16(17)18;1-17-6-10-8-18(9-11(10)7-17)14-4-12(16)5-15-13(14)2-3-19-15;1-11-5-4-6-14(15(11)18-3)17-9-12-7-16(2)8-13(12)10-17;1-15-5-10-7-16(8-11(10)6-15)12-3-2-4-13-14(12)18-9-17-13/h4-8,16-17H,9-12H2,1-3H3;2-9,15-16H,10-12H2,1H3;2-6,12-13H,7-10H2,1H3;2-7,14-15H,8-11H2,1H3;2-5,10-11H,6-9H2,1H3;4-6,12-13H,7-10H2,1-3H3;2-4,10-11H,5-9H2,1H3. The van der Waals surface area contributed by atoms with Crippen molar-refractivity contribution in [2.75, 3.05) is 270 Å². The van der Waals surface area contributed by atoms with Gasteiger partial charge in [-0.05, 0) is 279 Å². The van der Waals surface area contributed by atoms with Crippen LogP contribution in [0.3, 0.4) is 0 Å². The van der Waals surface area contributed by atoms with Crippen LogP contribution in [0.5, 0.6) is 23.0 Å². The Labute approximate surface area is 811 Å². The molecule has 0 spiro atoms. The van der Waals surface area contributed by atoms with Crippen LogP contribution in [0.15, 0.2) is 206 Å². The van der Waals surface area contributed by atoms with Gasteiger partial charge >= 0.3 is 0 Å². The third kappa shape index (κ3) is 19.5. The third-order valence-corrected chi connectivity index (χ3v) is 33.9. The van der Waals surface area contributed by atoms with Crippen LogP contribution >= 0.6 is 11.3 Å². The molecule has 13 saturated heterocycles. The number of likely N-dealkylation sites (tertiary alicyclic amines) is 7. The van der Waals surface area contributed by atoms with Gasteiger partial charge in [0.15, 0.2) is 17.3 Å². The van der Waals surface area contributed by atoms with Crippen LogP contribution in [0.25, 0.3) is 58.7 Å². The monoisotopic (exact) mass is 1870 g/mol. The molecule has 27 rings (SSSR count). The average Bonchev–Trinajstić information content (AvgIpc) is 1.63. The largest absolute Gasteiger partial charge is 0.495 e. The number of para-hydroxylation sites is 2. The summed E-state index contributed by atoms with van der Waals surface area (Å²) >= 11 is 1.62. The Morgan fingerprint density at radius 3 is 1.34 bits per heavy atom. The molecule has 11 aromatic carbocycles. The number of fused-ring (bicyclic) bond motifs is 13. The maximum atomic E-state index is 14.7. The SMILES string of the molecule is CN1CC2C=C(c3cccc4ccccc34)CC2C1.CN1CC2CN(c3c(F)cc4ccccc4c3F)CC2C1.CN1CC2CN(c3cc(F)cc4sccc34)CC2C1.CN1CC2CN(c3cc4ccccc4cc3F)CC2C1.CN1CC2CN(c3cccc4c3OCO4)CC2C1.COc1c(C)cccc1N1CC2CN(C)CC2C1.COc1cc2cc(C)ccc2cc1N1CC2CN(C)CC2C1. The molecule has 14 aliphatic heterocycles. The summed E-state index contributed by atoms with van der Waals surface area (Å²) in [4.78, 5) is 31.0. The molecule has 15 heterocycles. The van der Waals surface area contributed by atoms with Crippen molar-refractivity contribution in [3.8, 4) is 23.0 Å². The van der Waals surface area contributed by atoms with E-state index in [0.29, 0.717) is 41.2 Å². The summed E-state index contributed by atoms with van der Waals surface area (Å²) in [6.07, 6.45) is 3.79. The predicted molar refractivity (Wildman–Crippen MR) is 556 cm³/mol. The Bertz CT molecular complexity index is 6270. The van der Waals surface area contributed by atoms with Gasteiger partial charge in [-0.15, -0.1) is 11.3 Å². The van der Waals surface area contributed by atoms with Crippen molar-refractivity contribution < 1.29 is 36.5 Å². The van der Waals surface area contributed by atoms with Gasteiger partial charge in [0, 0.05) is 191 Å². The number of anilines is 6. The van der Waals surface area contributed by atoms with Gasteiger partial charge in [-0.25, -0.2) is 17.6 Å². The molecule has 15 aliphatic rings. The van der Waals surface area contributed by atoms with E-state index in [1.807, 2.05) is 35.2 Å². The van der Waals surface area contributed by atoms with Gasteiger partial charge in [0.2, 0.25) is 6.79 Å². The molecular weight excluding hydrogens is 1740 g/mol. The van der Waals surface area contributed by atoms with Crippen LogP contribution in [0.2, 0.25) is 0 Å². The van der Waals surface area contributed by atoms with Crippen molar-refractivity contribution in [3.05, 3.63) is 246 Å². The Morgan fingerprint density at radius 2 is 0.774 bits per heavy atom. The number of hydrogen-bond acceptors (Lipinski definition) is 18. The minimum absolute atomic E-state index is 0.0861. The quantitative estimate of drug-likeness (QED) is 0.129. The van der Waals surface area contributed by atoms with Gasteiger partial charge in [-0.3, -0.25) is 0 Å². The second-order valence-corrected chi connectivity index (χ2v) is 44.1. The Morgan fingerprint density at radius 1 is 0.328 bits per heavy atom. The fourth-order valence-corrected chi connectivity index (χ4v) is 27.6. The van der Waals surface area contributed by atoms with Crippen molar-refractivity contribution in [2.24, 2.45) is 82.9 Å². The molecule has 14 unspecified atom stereocenters. The van der Waals surface area contributed by atoms with Crippen LogP contribution in [-0.4, -0.2) is 275 Å². The highest BCUT2D eigenvalue weighted by atomic mass is 32.1. The third-order valence-electron chi connectivity index (χ3n) is 33.0. The van der Waals surface area contributed by atoms with Gasteiger partial charge in [0.1, 0.15) is 34.6 Å². The first-order chi connectivity index (χ1) is 66.5. The van der Waals surface area contributed by atoms with Gasteiger partial charge in [0.05, 0.1) is 37.0 Å². The number of halogens is 4. The van der Waals surface area contributed by atoms with E-state index < -0.39 is 11.6 Å². The van der Waals surface area contributed by atoms with Gasteiger partial charge in [-0.2, -0.15) is 0 Å². The zero-order chi connectivity index (χ0) is 94.1. The summed E-state index contributed by atoms with van der Waals surface area (Å²) < 4.78 is 80.7. The molecule has 17 nitrogen and oxygen atoms in total. The summed E-state index contributed by atoms with van der Waals surface area (Å²) in [6.45, 7) is 33.8. The molecule has 137 heavy (non-hydrogen) atoms. The average molecular weight is 1870 g/mol. The van der Waals surface area contributed by atoms with Crippen LogP contribution < -0.4 is 48.3 Å². The second-order valence-electron chi connectivity index (χ2n) is 43.1. The molecule has 1 aromatic heterocycles. The van der Waals surface area contributed by atoms with E-state index in [-0.39, 0.29) is 17.3 Å². The van der Waals surface area contributed by atoms with Crippen LogP contribution in [0.4, 0.5) is 51.7 Å². The lowest BCUT2D eigenvalue weighted by Crippen LogP contribution is -2.28. The molecule has 13 fully saturated rings. The Kier molecular flexibility index (Phi) is 26.9. The van der Waals surface area contributed by atoms with Gasteiger partial charge < -0.3 is 82.6 Å². The minimum atomic E-state index is -0.445. The maximum absolute atomic E-state index is 14.7. The molecule has 14 atom stereocenters. The van der Waals surface area contributed by atoms with Crippen LogP contribution in [-0.2, 0) is 0 Å². The van der Waals surface area contributed by atoms with Gasteiger partial charge in [-0.1, -0.05) is 139 Å². The number of aryl methyl sites for hydroxylation is 2. The Hall–Kier alpha value is -10.4. The number of thiophene rings is 1. The molecule has 0 saturated carbocycles. The minimum Gasteiger partial charge on any atom is -0.495 e. The zero-order valence-corrected chi connectivity index (χ0v) is 82.7. The van der Waals surface area contributed by atoms with Crippen LogP contribution in [0, 0.1) is 120 Å². The summed E-state index contributed by atoms with van der Waals surface area (Å²) in [5.41, 5.74) is 11.3. The van der Waals surface area contributed by atoms with Gasteiger partial charge in [0.25, 0.3) is 0 Å². The van der Waals surface area contributed by atoms with Crippen molar-refractivity contribution in [3.63, 3.8) is 0 Å². The molecule has 0 N–H and O–H groups in total. The summed E-state index contributed by atoms with van der Waals surface area (Å²) in [5.74, 6) is 13.3. The highest BCUT2D eigenvalue weighted by Crippen LogP contribution is 2.49. The van der Waals surface area contributed by atoms with Crippen molar-refractivity contribution in [2.45, 2.75) is 20.3 Å². The molecule has 0 amide bonds. The fraction of sp³-hybridized carbons (Fsp3) is 0.461. The normalized spacial score (nSPS) is 26.9. The number of hydrogen-bond donors (Lipinski definition) is 0. The first kappa shape index (κ1) is 92.9. The second kappa shape index (κ2) is 39.7. The lowest BCUT2D eigenvalue weighted by Gasteiger charge is -2.24. The van der Waals surface area contributed by atoms with E-state index in [4.69, 9.17) is 18.9 Å². The summed E-state index contributed by atoms with van der Waals surface area (Å²) in [6, 6.07) is 64.9. The van der Waals surface area contributed by atoms with E-state index >= 15 is 0 Å². The topological polar surface area (TPSA) is 79.0 Å². The molecule has 0 bridgehead atoms. The lowest BCUT2D eigenvalue weighted by atomic mass is 9.95. The number of allylic oxidation sites excluding steroid dienone is 1. The highest BCUT2D eigenvalue weighted by molar-refractivity contribution is 7.17.